The zero-order valence-electron chi connectivity index (χ0n) is 19.9. The molecule has 2 aromatic carbocycles. The molecule has 1 heterocycles. The molecule has 0 radical (unpaired) electrons. The third-order valence-electron chi connectivity index (χ3n) is 5.35. The number of hydrogen-bond donors (Lipinski definition) is 0. The zero-order chi connectivity index (χ0) is 24.4. The minimum Gasteiger partial charge on any atom is -0.419 e. The second kappa shape index (κ2) is 9.44. The van der Waals surface area contributed by atoms with E-state index in [1.165, 1.54) is 29.6 Å². The first-order valence-electron chi connectivity index (χ1n) is 10.6. The largest absolute Gasteiger partial charge is 0.419 e. The van der Waals surface area contributed by atoms with Crippen molar-refractivity contribution >= 4 is 15.9 Å². The number of aromatic nitrogens is 2. The first kappa shape index (κ1) is 24.6. The van der Waals surface area contributed by atoms with E-state index in [-0.39, 0.29) is 35.2 Å². The lowest BCUT2D eigenvalue weighted by Gasteiger charge is -2.21. The van der Waals surface area contributed by atoms with E-state index in [2.05, 4.69) is 31.0 Å². The van der Waals surface area contributed by atoms with Gasteiger partial charge in [0.2, 0.25) is 27.7 Å². The summed E-state index contributed by atoms with van der Waals surface area (Å²) in [6.45, 7) is 8.07. The van der Waals surface area contributed by atoms with Gasteiger partial charge in [0, 0.05) is 19.7 Å². The minimum atomic E-state index is -3.77. The molecule has 0 spiro atoms. The fourth-order valence-electron chi connectivity index (χ4n) is 3.12. The predicted molar refractivity (Wildman–Crippen MR) is 126 cm³/mol. The molecule has 9 heteroatoms. The number of carbonyl (C=O) groups excluding carboxylic acids is 1. The van der Waals surface area contributed by atoms with Crippen LogP contribution in [0.15, 0.2) is 57.8 Å². The van der Waals surface area contributed by atoms with Crippen LogP contribution in [0.1, 0.15) is 37.8 Å². The Bertz CT molecular complexity index is 1210. The molecule has 0 aliphatic rings. The van der Waals surface area contributed by atoms with Gasteiger partial charge in [-0.25, -0.2) is 8.42 Å². The summed E-state index contributed by atoms with van der Waals surface area (Å²) < 4.78 is 32.2. The summed E-state index contributed by atoms with van der Waals surface area (Å²) in [5, 5.41) is 8.10. The van der Waals surface area contributed by atoms with Crippen LogP contribution in [-0.2, 0) is 26.8 Å². The Morgan fingerprint density at radius 1 is 0.970 bits per heavy atom. The number of benzene rings is 2. The first-order valence-corrected chi connectivity index (χ1v) is 12.0. The van der Waals surface area contributed by atoms with Gasteiger partial charge in [-0.05, 0) is 42.2 Å². The molecule has 0 N–H and O–H groups in total. The number of aryl methyl sites for hydroxylation is 1. The number of sulfonamides is 1. The zero-order valence-corrected chi connectivity index (χ0v) is 20.7. The Kier molecular flexibility index (Phi) is 7.04. The number of amides is 1. The molecular weight excluding hydrogens is 440 g/mol. The van der Waals surface area contributed by atoms with E-state index in [9.17, 15) is 13.2 Å². The second-order valence-corrected chi connectivity index (χ2v) is 11.2. The van der Waals surface area contributed by atoms with E-state index in [0.717, 1.165) is 15.4 Å². The van der Waals surface area contributed by atoms with Crippen molar-refractivity contribution in [1.82, 2.24) is 19.4 Å². The van der Waals surface area contributed by atoms with Gasteiger partial charge in [0.05, 0.1) is 18.0 Å². The molecule has 0 aliphatic heterocycles. The summed E-state index contributed by atoms with van der Waals surface area (Å²) in [5.74, 6) is 0.248. The Hall–Kier alpha value is -3.04. The van der Waals surface area contributed by atoms with Crippen LogP contribution in [0.25, 0.3) is 11.5 Å². The van der Waals surface area contributed by atoms with Crippen molar-refractivity contribution < 1.29 is 17.6 Å². The molecule has 176 valence electrons. The standard InChI is InChI=1S/C24H30N4O4S/c1-17-7-13-20(14-8-17)33(30,31)28(6)16-22(29)27(5)15-21-25-26-23(32-21)18-9-11-19(12-10-18)24(2,3)4/h7-14H,15-16H2,1-6H3. The molecule has 1 aromatic heterocycles. The lowest BCUT2D eigenvalue weighted by Crippen LogP contribution is -2.39. The van der Waals surface area contributed by atoms with Gasteiger partial charge >= 0.3 is 0 Å². The number of likely N-dealkylation sites (N-methyl/N-ethyl adjacent to an activating group) is 2. The molecule has 0 unspecified atom stereocenters. The summed E-state index contributed by atoms with van der Waals surface area (Å²) in [6, 6.07) is 14.4. The van der Waals surface area contributed by atoms with Gasteiger partial charge in [-0.1, -0.05) is 50.6 Å². The molecule has 0 saturated heterocycles. The summed E-state index contributed by atoms with van der Waals surface area (Å²) in [5.41, 5.74) is 2.99. The molecule has 33 heavy (non-hydrogen) atoms. The summed E-state index contributed by atoms with van der Waals surface area (Å²) >= 11 is 0. The fourth-order valence-corrected chi connectivity index (χ4v) is 4.24. The fraction of sp³-hybridized carbons (Fsp3) is 0.375. The number of rotatable bonds is 7. The molecule has 0 atom stereocenters. The van der Waals surface area contributed by atoms with E-state index in [1.54, 1.807) is 19.2 Å². The minimum absolute atomic E-state index is 0.0434. The quantitative estimate of drug-likeness (QED) is 0.523. The Morgan fingerprint density at radius 2 is 1.58 bits per heavy atom. The van der Waals surface area contributed by atoms with Gasteiger partial charge in [0.1, 0.15) is 0 Å². The van der Waals surface area contributed by atoms with Crippen LogP contribution in [0.2, 0.25) is 0 Å². The van der Waals surface area contributed by atoms with E-state index in [1.807, 2.05) is 31.2 Å². The highest BCUT2D eigenvalue weighted by Gasteiger charge is 2.25. The molecule has 0 saturated carbocycles. The van der Waals surface area contributed by atoms with Crippen LogP contribution >= 0.6 is 0 Å². The van der Waals surface area contributed by atoms with E-state index in [0.29, 0.717) is 5.89 Å². The molecule has 0 bridgehead atoms. The highest BCUT2D eigenvalue weighted by molar-refractivity contribution is 7.89. The molecule has 0 fully saturated rings. The van der Waals surface area contributed by atoms with Gasteiger partial charge in [-0.3, -0.25) is 4.79 Å². The van der Waals surface area contributed by atoms with Crippen LogP contribution in [0.4, 0.5) is 0 Å². The molecular formula is C24H30N4O4S. The van der Waals surface area contributed by atoms with Gasteiger partial charge in [-0.15, -0.1) is 10.2 Å². The number of hydrogen-bond acceptors (Lipinski definition) is 6. The molecule has 0 aliphatic carbocycles. The Labute approximate surface area is 195 Å². The topological polar surface area (TPSA) is 96.6 Å². The van der Waals surface area contributed by atoms with Gasteiger partial charge < -0.3 is 9.32 Å². The number of nitrogens with zero attached hydrogens (tertiary/aromatic N) is 4. The molecule has 1 amide bonds. The average Bonchev–Trinajstić information content (AvgIpc) is 3.22. The smallest absolute Gasteiger partial charge is 0.247 e. The summed E-state index contributed by atoms with van der Waals surface area (Å²) in [7, 11) is -0.821. The number of carbonyl (C=O) groups is 1. The predicted octanol–water partition coefficient (Wildman–Crippen LogP) is 3.62. The van der Waals surface area contributed by atoms with Gasteiger partial charge in [-0.2, -0.15) is 4.31 Å². The van der Waals surface area contributed by atoms with Crippen LogP contribution < -0.4 is 0 Å². The third kappa shape index (κ3) is 5.85. The monoisotopic (exact) mass is 470 g/mol. The lowest BCUT2D eigenvalue weighted by molar-refractivity contribution is -0.130. The van der Waals surface area contributed by atoms with Crippen molar-refractivity contribution in [2.24, 2.45) is 0 Å². The molecule has 8 nitrogen and oxygen atoms in total. The van der Waals surface area contributed by atoms with E-state index < -0.39 is 10.0 Å². The maximum Gasteiger partial charge on any atom is 0.247 e. The van der Waals surface area contributed by atoms with Crippen LogP contribution in [-0.4, -0.2) is 54.4 Å². The highest BCUT2D eigenvalue weighted by atomic mass is 32.2. The van der Waals surface area contributed by atoms with Gasteiger partial charge in [0.15, 0.2) is 0 Å². The average molecular weight is 471 g/mol. The van der Waals surface area contributed by atoms with E-state index in [4.69, 9.17) is 4.42 Å². The second-order valence-electron chi connectivity index (χ2n) is 9.15. The van der Waals surface area contributed by atoms with Crippen molar-refractivity contribution in [3.63, 3.8) is 0 Å². The van der Waals surface area contributed by atoms with Crippen molar-refractivity contribution in [3.8, 4) is 11.5 Å². The summed E-state index contributed by atoms with van der Waals surface area (Å²) in [4.78, 5) is 14.1. The van der Waals surface area contributed by atoms with Crippen molar-refractivity contribution in [1.29, 1.82) is 0 Å². The van der Waals surface area contributed by atoms with Gasteiger partial charge in [0.25, 0.3) is 0 Å². The normalized spacial score (nSPS) is 12.2. The summed E-state index contributed by atoms with van der Waals surface area (Å²) in [6.07, 6.45) is 0. The van der Waals surface area contributed by atoms with Crippen molar-refractivity contribution in [2.45, 2.75) is 44.6 Å². The van der Waals surface area contributed by atoms with Crippen LogP contribution in [0, 0.1) is 6.92 Å². The van der Waals surface area contributed by atoms with Crippen molar-refractivity contribution in [3.05, 3.63) is 65.5 Å². The Balaban J connectivity index is 1.63. The SMILES string of the molecule is Cc1ccc(S(=O)(=O)N(C)CC(=O)N(C)Cc2nnc(-c3ccc(C(C)(C)C)cc3)o2)cc1. The first-order chi connectivity index (χ1) is 15.4. The maximum absolute atomic E-state index is 12.7. The molecule has 3 rings (SSSR count). The maximum atomic E-state index is 12.7. The third-order valence-corrected chi connectivity index (χ3v) is 7.17. The van der Waals surface area contributed by atoms with Crippen LogP contribution in [0.5, 0.6) is 0 Å². The Morgan fingerprint density at radius 3 is 2.15 bits per heavy atom. The highest BCUT2D eigenvalue weighted by Crippen LogP contribution is 2.25. The lowest BCUT2D eigenvalue weighted by atomic mass is 9.87. The van der Waals surface area contributed by atoms with Crippen molar-refractivity contribution in [2.75, 3.05) is 20.6 Å². The van der Waals surface area contributed by atoms with Crippen LogP contribution in [0.3, 0.4) is 0 Å². The van der Waals surface area contributed by atoms with E-state index >= 15 is 0 Å². The molecule has 3 aromatic rings.